The molecule has 0 saturated heterocycles. The molecular formula is C10H16ClNO. The summed E-state index contributed by atoms with van der Waals surface area (Å²) in [6.45, 7) is 3.79. The number of halogens is 1. The highest BCUT2D eigenvalue weighted by Gasteiger charge is 2.27. The number of rotatable bonds is 2. The molecule has 1 rings (SSSR count). The van der Waals surface area contributed by atoms with Crippen LogP contribution in [0.5, 0.6) is 0 Å². The highest BCUT2D eigenvalue weighted by atomic mass is 35.5. The molecule has 0 aliphatic carbocycles. The van der Waals surface area contributed by atoms with Gasteiger partial charge in [0.25, 0.3) is 0 Å². The first kappa shape index (κ1) is 12.4. The van der Waals surface area contributed by atoms with Crippen LogP contribution in [-0.4, -0.2) is 5.11 Å². The Hall–Kier alpha value is -0.570. The molecular weight excluding hydrogens is 186 g/mol. The maximum Gasteiger partial charge on any atom is 0.141 e. The first-order valence-electron chi connectivity index (χ1n) is 4.12. The summed E-state index contributed by atoms with van der Waals surface area (Å²) in [5, 5.41) is 9.84. The third-order valence-corrected chi connectivity index (χ3v) is 2.12. The third-order valence-electron chi connectivity index (χ3n) is 2.12. The second kappa shape index (κ2) is 4.61. The highest BCUT2D eigenvalue weighted by Crippen LogP contribution is 2.22. The van der Waals surface area contributed by atoms with Crippen molar-refractivity contribution in [1.82, 2.24) is 0 Å². The van der Waals surface area contributed by atoms with Gasteiger partial charge in [-0.15, -0.1) is 12.4 Å². The van der Waals surface area contributed by atoms with Gasteiger partial charge in [0.2, 0.25) is 0 Å². The Morgan fingerprint density at radius 3 is 2.08 bits per heavy atom. The molecule has 0 aliphatic rings. The van der Waals surface area contributed by atoms with E-state index in [9.17, 15) is 5.11 Å². The monoisotopic (exact) mass is 201 g/mol. The fourth-order valence-electron chi connectivity index (χ4n) is 1.04. The van der Waals surface area contributed by atoms with Crippen LogP contribution in [0.15, 0.2) is 30.3 Å². The molecule has 0 fully saturated rings. The van der Waals surface area contributed by atoms with Gasteiger partial charge in [-0.2, -0.15) is 0 Å². The van der Waals surface area contributed by atoms with Crippen molar-refractivity contribution < 1.29 is 5.11 Å². The van der Waals surface area contributed by atoms with Crippen molar-refractivity contribution >= 4 is 12.4 Å². The van der Waals surface area contributed by atoms with E-state index in [2.05, 4.69) is 0 Å². The van der Waals surface area contributed by atoms with Crippen LogP contribution in [0.3, 0.4) is 0 Å². The summed E-state index contributed by atoms with van der Waals surface area (Å²) in [5.41, 5.74) is 5.29. The zero-order valence-electron chi connectivity index (χ0n) is 7.90. The molecule has 1 aromatic carbocycles. The van der Waals surface area contributed by atoms with Crippen molar-refractivity contribution in [3.8, 4) is 0 Å². The Morgan fingerprint density at radius 2 is 1.69 bits per heavy atom. The molecule has 0 aliphatic heterocycles. The van der Waals surface area contributed by atoms with Gasteiger partial charge >= 0.3 is 0 Å². The van der Waals surface area contributed by atoms with E-state index in [1.165, 1.54) is 0 Å². The highest BCUT2D eigenvalue weighted by molar-refractivity contribution is 5.85. The van der Waals surface area contributed by atoms with Crippen LogP contribution in [0.1, 0.15) is 19.4 Å². The quantitative estimate of drug-likeness (QED) is 0.718. The van der Waals surface area contributed by atoms with Gasteiger partial charge in [-0.1, -0.05) is 44.2 Å². The molecule has 0 radical (unpaired) electrons. The number of benzene rings is 1. The average molecular weight is 202 g/mol. The molecule has 3 N–H and O–H groups in total. The summed E-state index contributed by atoms with van der Waals surface area (Å²) in [6, 6.07) is 9.31. The lowest BCUT2D eigenvalue weighted by Crippen LogP contribution is -2.41. The first-order chi connectivity index (χ1) is 5.55. The predicted octanol–water partition coefficient (Wildman–Crippen LogP) is 1.87. The van der Waals surface area contributed by atoms with Crippen LogP contribution in [0, 0.1) is 5.92 Å². The standard InChI is InChI=1S/C10H15NO.ClH/c1-8(2)10(11,12)9-6-4-3-5-7-9;/h3-8,12H,11H2,1-2H3;1H. The van der Waals surface area contributed by atoms with E-state index in [4.69, 9.17) is 5.73 Å². The molecule has 74 valence electrons. The van der Waals surface area contributed by atoms with Crippen LogP contribution in [0.25, 0.3) is 0 Å². The number of aliphatic hydroxyl groups is 1. The van der Waals surface area contributed by atoms with Gasteiger partial charge in [0.15, 0.2) is 0 Å². The zero-order valence-corrected chi connectivity index (χ0v) is 8.71. The molecule has 1 unspecified atom stereocenters. The van der Waals surface area contributed by atoms with Gasteiger partial charge in [0.05, 0.1) is 0 Å². The van der Waals surface area contributed by atoms with E-state index in [1.54, 1.807) is 0 Å². The molecule has 13 heavy (non-hydrogen) atoms. The lowest BCUT2D eigenvalue weighted by atomic mass is 9.93. The average Bonchev–Trinajstić information content (AvgIpc) is 2.06. The van der Waals surface area contributed by atoms with Crippen LogP contribution in [-0.2, 0) is 5.72 Å². The summed E-state index contributed by atoms with van der Waals surface area (Å²) in [5.74, 6) is 0.0138. The van der Waals surface area contributed by atoms with Crippen molar-refractivity contribution in [3.63, 3.8) is 0 Å². The molecule has 0 heterocycles. The maximum atomic E-state index is 9.84. The summed E-state index contributed by atoms with van der Waals surface area (Å²) in [6.07, 6.45) is 0. The van der Waals surface area contributed by atoms with Crippen molar-refractivity contribution in [2.75, 3.05) is 0 Å². The van der Waals surface area contributed by atoms with E-state index in [1.807, 2.05) is 44.2 Å². The summed E-state index contributed by atoms with van der Waals surface area (Å²) in [7, 11) is 0. The van der Waals surface area contributed by atoms with Gasteiger partial charge < -0.3 is 5.11 Å². The van der Waals surface area contributed by atoms with E-state index < -0.39 is 5.72 Å². The molecule has 3 heteroatoms. The molecule has 0 spiro atoms. The Balaban J connectivity index is 0.00000144. The van der Waals surface area contributed by atoms with Crippen molar-refractivity contribution in [2.24, 2.45) is 11.7 Å². The maximum absolute atomic E-state index is 9.84. The van der Waals surface area contributed by atoms with Gasteiger partial charge in [0, 0.05) is 0 Å². The van der Waals surface area contributed by atoms with E-state index in [-0.39, 0.29) is 18.3 Å². The van der Waals surface area contributed by atoms with Crippen LogP contribution in [0.4, 0.5) is 0 Å². The van der Waals surface area contributed by atoms with E-state index in [0.29, 0.717) is 0 Å². The molecule has 0 bridgehead atoms. The molecule has 0 saturated carbocycles. The first-order valence-corrected chi connectivity index (χ1v) is 4.12. The lowest BCUT2D eigenvalue weighted by Gasteiger charge is -2.27. The lowest BCUT2D eigenvalue weighted by molar-refractivity contribution is -0.00394. The smallest absolute Gasteiger partial charge is 0.141 e. The van der Waals surface area contributed by atoms with Crippen molar-refractivity contribution in [3.05, 3.63) is 35.9 Å². The van der Waals surface area contributed by atoms with Crippen LogP contribution < -0.4 is 5.73 Å². The number of hydrogen-bond donors (Lipinski definition) is 2. The second-order valence-electron chi connectivity index (χ2n) is 3.35. The normalized spacial score (nSPS) is 14.8. The predicted molar refractivity (Wildman–Crippen MR) is 56.6 cm³/mol. The number of nitrogens with two attached hydrogens (primary N) is 1. The van der Waals surface area contributed by atoms with Gasteiger partial charge in [-0.25, -0.2) is 0 Å². The Morgan fingerprint density at radius 1 is 1.23 bits per heavy atom. The Labute approximate surface area is 85.2 Å². The van der Waals surface area contributed by atoms with Gasteiger partial charge in [0.1, 0.15) is 5.72 Å². The SMILES string of the molecule is CC(C)C(N)(O)c1ccccc1.Cl. The Kier molecular flexibility index (Phi) is 4.40. The van der Waals surface area contributed by atoms with E-state index >= 15 is 0 Å². The third kappa shape index (κ3) is 2.69. The topological polar surface area (TPSA) is 46.2 Å². The van der Waals surface area contributed by atoms with Crippen molar-refractivity contribution in [2.45, 2.75) is 19.6 Å². The second-order valence-corrected chi connectivity index (χ2v) is 3.35. The van der Waals surface area contributed by atoms with Crippen LogP contribution >= 0.6 is 12.4 Å². The fraction of sp³-hybridized carbons (Fsp3) is 0.400. The minimum absolute atomic E-state index is 0. The summed E-state index contributed by atoms with van der Waals surface area (Å²) < 4.78 is 0. The van der Waals surface area contributed by atoms with Crippen LogP contribution in [0.2, 0.25) is 0 Å². The number of hydrogen-bond acceptors (Lipinski definition) is 2. The van der Waals surface area contributed by atoms with Gasteiger partial charge in [-0.05, 0) is 11.5 Å². The van der Waals surface area contributed by atoms with Crippen molar-refractivity contribution in [1.29, 1.82) is 0 Å². The fourth-order valence-corrected chi connectivity index (χ4v) is 1.04. The minimum atomic E-state index is -1.21. The van der Waals surface area contributed by atoms with Gasteiger partial charge in [-0.3, -0.25) is 5.73 Å². The Bertz CT molecular complexity index is 246. The summed E-state index contributed by atoms with van der Waals surface area (Å²) >= 11 is 0. The molecule has 1 atom stereocenters. The zero-order chi connectivity index (χ0) is 9.19. The van der Waals surface area contributed by atoms with E-state index in [0.717, 1.165) is 5.56 Å². The minimum Gasteiger partial charge on any atom is -0.372 e. The molecule has 0 amide bonds. The largest absolute Gasteiger partial charge is 0.372 e. The molecule has 2 nitrogen and oxygen atoms in total. The summed E-state index contributed by atoms with van der Waals surface area (Å²) in [4.78, 5) is 0. The molecule has 0 aromatic heterocycles. The molecule has 1 aromatic rings.